The Hall–Kier alpha value is -3.00. The average molecular weight is 706 g/mol. The van der Waals surface area contributed by atoms with Crippen LogP contribution in [0.2, 0.25) is 0 Å². The molecule has 0 amide bonds. The van der Waals surface area contributed by atoms with Gasteiger partial charge in [-0.1, -0.05) is 0 Å². The van der Waals surface area contributed by atoms with Crippen LogP contribution < -0.4 is 31.4 Å². The van der Waals surface area contributed by atoms with Gasteiger partial charge < -0.3 is 24.8 Å². The van der Waals surface area contributed by atoms with Gasteiger partial charge in [0.15, 0.2) is 0 Å². The molecule has 0 nitrogen and oxygen atoms in total. The first-order chi connectivity index (χ1) is 20.5. The maximum Gasteiger partial charge on any atom is -1.00 e. The first-order valence-electron chi connectivity index (χ1n) is 15.2. The molecule has 0 radical (unpaired) electrons. The monoisotopic (exact) mass is 703 g/mol. The molecule has 2 unspecified atom stereocenters. The summed E-state index contributed by atoms with van der Waals surface area (Å²) >= 11 is -4.58. The normalized spacial score (nSPS) is 16.2. The van der Waals surface area contributed by atoms with Crippen LogP contribution >= 0.6 is 0 Å². The van der Waals surface area contributed by atoms with E-state index in [1.807, 2.05) is 0 Å². The SMILES string of the molecule is Cc1cccc2c1[CH]([Zr+2]([SiH3])([c]1ccccc1)([c]1ccccc1)[CH]1c3ccccc3-c3cccc(C)c31)c1ccccc1-2.[Cl-].[Cl-]. The molecule has 0 bridgehead atoms. The summed E-state index contributed by atoms with van der Waals surface area (Å²) in [5.41, 5.74) is 14.8. The Morgan fingerprint density at radius 3 is 1.16 bits per heavy atom. The van der Waals surface area contributed by atoms with Crippen LogP contribution in [-0.4, -0.2) is 7.37 Å². The molecular formula is C40H35Cl2SiZr. The van der Waals surface area contributed by atoms with Crippen molar-refractivity contribution < 1.29 is 42.8 Å². The van der Waals surface area contributed by atoms with Gasteiger partial charge in [0.05, 0.1) is 0 Å². The van der Waals surface area contributed by atoms with E-state index >= 15 is 0 Å². The van der Waals surface area contributed by atoms with Crippen molar-refractivity contribution in [3.8, 4) is 22.3 Å². The van der Waals surface area contributed by atoms with Crippen LogP contribution in [0.4, 0.5) is 0 Å². The van der Waals surface area contributed by atoms with E-state index in [-0.39, 0.29) is 24.8 Å². The molecule has 0 aromatic heterocycles. The van der Waals surface area contributed by atoms with Crippen LogP contribution in [0.15, 0.2) is 146 Å². The summed E-state index contributed by atoms with van der Waals surface area (Å²) in [5, 5.41) is 0. The zero-order chi connectivity index (χ0) is 28.5. The van der Waals surface area contributed by atoms with Crippen molar-refractivity contribution in [2.45, 2.75) is 21.1 Å². The third-order valence-electron chi connectivity index (χ3n) is 10.9. The number of hydrogen-bond acceptors (Lipinski definition) is 0. The van der Waals surface area contributed by atoms with Gasteiger partial charge in [-0.25, -0.2) is 0 Å². The predicted octanol–water partition coefficient (Wildman–Crippen LogP) is 1.77. The van der Waals surface area contributed by atoms with Gasteiger partial charge in [-0.15, -0.1) is 0 Å². The van der Waals surface area contributed by atoms with Crippen LogP contribution in [0.1, 0.15) is 40.6 Å². The Kier molecular flexibility index (Phi) is 8.04. The van der Waals surface area contributed by atoms with Crippen molar-refractivity contribution in [2.24, 2.45) is 0 Å². The number of benzene rings is 6. The van der Waals surface area contributed by atoms with Gasteiger partial charge in [-0.05, 0) is 0 Å². The molecule has 0 fully saturated rings. The quantitative estimate of drug-likeness (QED) is 0.246. The fourth-order valence-corrected chi connectivity index (χ4v) is 41.2. The summed E-state index contributed by atoms with van der Waals surface area (Å²) in [6, 6.07) is 56.5. The first-order valence-corrected chi connectivity index (χ1v) is 28.9. The molecule has 2 aliphatic rings. The third kappa shape index (κ3) is 3.98. The number of fused-ring (bicyclic) bond motifs is 6. The minimum absolute atomic E-state index is 0. The van der Waals surface area contributed by atoms with Crippen LogP contribution in [0.3, 0.4) is 0 Å². The van der Waals surface area contributed by atoms with E-state index in [2.05, 4.69) is 159 Å². The summed E-state index contributed by atoms with van der Waals surface area (Å²) < 4.78 is 3.92. The maximum atomic E-state index is 2.52. The number of halogens is 2. The van der Waals surface area contributed by atoms with Crippen molar-refractivity contribution in [2.75, 3.05) is 0 Å². The zero-order valence-corrected chi connectivity index (χ0v) is 31.2. The Balaban J connectivity index is 0.00000171. The van der Waals surface area contributed by atoms with Gasteiger partial charge in [0.25, 0.3) is 0 Å². The summed E-state index contributed by atoms with van der Waals surface area (Å²) in [7, 11) is 1.09. The van der Waals surface area contributed by atoms with Crippen LogP contribution in [0.5, 0.6) is 0 Å². The second-order valence-electron chi connectivity index (χ2n) is 12.8. The fourth-order valence-electron chi connectivity index (χ4n) is 9.20. The average Bonchev–Trinajstić information content (AvgIpc) is 3.58. The molecule has 2 aliphatic carbocycles. The second kappa shape index (κ2) is 11.4. The predicted molar refractivity (Wildman–Crippen MR) is 179 cm³/mol. The molecule has 6 aromatic carbocycles. The molecule has 0 saturated carbocycles. The van der Waals surface area contributed by atoms with E-state index in [1.165, 1.54) is 44.5 Å². The summed E-state index contributed by atoms with van der Waals surface area (Å²) in [4.78, 5) is 0. The van der Waals surface area contributed by atoms with Crippen molar-refractivity contribution >= 4 is 13.9 Å². The molecule has 0 N–H and O–H groups in total. The molecule has 44 heavy (non-hydrogen) atoms. The van der Waals surface area contributed by atoms with Gasteiger partial charge in [-0.3, -0.25) is 0 Å². The van der Waals surface area contributed by atoms with Crippen LogP contribution in [-0.2, 0) is 17.9 Å². The smallest absolute Gasteiger partial charge is 1.00 e. The van der Waals surface area contributed by atoms with Gasteiger partial charge >= 0.3 is 254 Å². The molecule has 8 rings (SSSR count). The summed E-state index contributed by atoms with van der Waals surface area (Å²) in [6.07, 6.45) is 0. The van der Waals surface area contributed by atoms with Gasteiger partial charge in [-0.2, -0.15) is 0 Å². The Morgan fingerprint density at radius 1 is 0.409 bits per heavy atom. The fraction of sp³-hybridized carbons (Fsp3) is 0.100. The minimum Gasteiger partial charge on any atom is -1.00 e. The topological polar surface area (TPSA) is 0 Å². The number of rotatable bonds is 4. The summed E-state index contributed by atoms with van der Waals surface area (Å²) in [5.74, 6) is 0. The summed E-state index contributed by atoms with van der Waals surface area (Å²) in [6.45, 7) is 4.72. The first kappa shape index (κ1) is 31.0. The van der Waals surface area contributed by atoms with E-state index in [1.54, 1.807) is 17.7 Å². The van der Waals surface area contributed by atoms with Crippen molar-refractivity contribution in [3.63, 3.8) is 0 Å². The van der Waals surface area contributed by atoms with Crippen molar-refractivity contribution in [1.82, 2.24) is 0 Å². The number of hydrogen-bond donors (Lipinski definition) is 0. The molecule has 217 valence electrons. The standard InChI is InChI=1S/2C14H11.2C6H5.2ClH.H3Si.Zr/c2*1-10-5-4-8-13-12-7-3-2-6-11(12)9-14(10)13;2*1-2-4-6-5-3-1;;;;/h2*2-9H,1H3;2*1-5H;2*1H;1H3;/q;;;;;;;+2/p-2. The van der Waals surface area contributed by atoms with Crippen molar-refractivity contribution in [1.29, 1.82) is 0 Å². The molecule has 6 aromatic rings. The van der Waals surface area contributed by atoms with E-state index in [0.29, 0.717) is 7.25 Å². The molecule has 4 heteroatoms. The van der Waals surface area contributed by atoms with Gasteiger partial charge in [0.2, 0.25) is 0 Å². The van der Waals surface area contributed by atoms with Crippen molar-refractivity contribution in [3.05, 3.63) is 179 Å². The van der Waals surface area contributed by atoms with E-state index in [4.69, 9.17) is 0 Å². The largest absolute Gasteiger partial charge is 1.00 e. The molecule has 0 spiro atoms. The molecule has 2 atom stereocenters. The Bertz CT molecular complexity index is 1860. The third-order valence-corrected chi connectivity index (χ3v) is 44.0. The van der Waals surface area contributed by atoms with Crippen LogP contribution in [0.25, 0.3) is 22.3 Å². The molecule has 0 saturated heterocycles. The van der Waals surface area contributed by atoms with E-state index in [0.717, 1.165) is 7.37 Å². The number of aryl methyl sites for hydroxylation is 2. The second-order valence-corrected chi connectivity index (χ2v) is 40.8. The van der Waals surface area contributed by atoms with Crippen LogP contribution in [0, 0.1) is 13.8 Å². The minimum atomic E-state index is -4.58. The molecular weight excluding hydrogens is 671 g/mol. The van der Waals surface area contributed by atoms with E-state index < -0.39 is 17.9 Å². The van der Waals surface area contributed by atoms with Gasteiger partial charge in [0.1, 0.15) is 0 Å². The maximum absolute atomic E-state index is 4.58. The van der Waals surface area contributed by atoms with E-state index in [9.17, 15) is 0 Å². The Labute approximate surface area is 276 Å². The zero-order valence-electron chi connectivity index (χ0n) is 25.3. The molecule has 0 heterocycles. The van der Waals surface area contributed by atoms with Gasteiger partial charge in [0, 0.05) is 0 Å². The molecule has 0 aliphatic heterocycles. The Morgan fingerprint density at radius 2 is 0.750 bits per heavy atom.